The highest BCUT2D eigenvalue weighted by Crippen LogP contribution is 2.30. The van der Waals surface area contributed by atoms with E-state index < -0.39 is 24.3 Å². The van der Waals surface area contributed by atoms with Gasteiger partial charge in [-0.25, -0.2) is 19.6 Å². The molecular formula is C22H25F6N5O5S. The highest BCUT2D eigenvalue weighted by atomic mass is 32.1. The van der Waals surface area contributed by atoms with Gasteiger partial charge >= 0.3 is 24.3 Å². The van der Waals surface area contributed by atoms with Gasteiger partial charge in [-0.2, -0.15) is 26.3 Å². The number of aromatic nitrogens is 2. The van der Waals surface area contributed by atoms with Crippen molar-refractivity contribution in [1.82, 2.24) is 20.2 Å². The summed E-state index contributed by atoms with van der Waals surface area (Å²) in [6.45, 7) is 4.24. The van der Waals surface area contributed by atoms with Gasteiger partial charge in [-0.3, -0.25) is 4.79 Å². The molecule has 10 nitrogen and oxygen atoms in total. The molecule has 0 spiro atoms. The summed E-state index contributed by atoms with van der Waals surface area (Å²) in [7, 11) is 0. The first-order valence-corrected chi connectivity index (χ1v) is 12.3. The van der Waals surface area contributed by atoms with Crippen molar-refractivity contribution in [3.05, 3.63) is 40.3 Å². The number of nitrogens with one attached hydrogen (secondary N) is 1. The third kappa shape index (κ3) is 10.3. The second-order valence-corrected chi connectivity index (χ2v) is 9.25. The van der Waals surface area contributed by atoms with E-state index >= 15 is 0 Å². The SMILES string of the molecule is O=C(O)C(F)(F)F.O=C(O)C(F)(F)F.O=C(c1ccc(C2CCCN2)s1)N1CCCN(c2ncccn2)CC1. The molecule has 0 aromatic carbocycles. The molecule has 0 aliphatic carbocycles. The van der Waals surface area contributed by atoms with Crippen LogP contribution in [0.4, 0.5) is 32.3 Å². The van der Waals surface area contributed by atoms with Crippen LogP contribution in [0.2, 0.25) is 0 Å². The lowest BCUT2D eigenvalue weighted by molar-refractivity contribution is -0.193. The maximum atomic E-state index is 12.9. The molecule has 4 heterocycles. The van der Waals surface area contributed by atoms with Crippen molar-refractivity contribution in [2.45, 2.75) is 37.7 Å². The Hall–Kier alpha value is -3.47. The minimum atomic E-state index is -5.08. The van der Waals surface area contributed by atoms with Gasteiger partial charge in [0.15, 0.2) is 0 Å². The first-order valence-electron chi connectivity index (χ1n) is 11.4. The number of thiophene rings is 1. The zero-order valence-corrected chi connectivity index (χ0v) is 21.0. The molecule has 0 saturated carbocycles. The molecule has 2 aliphatic rings. The van der Waals surface area contributed by atoms with E-state index in [0.717, 1.165) is 43.4 Å². The van der Waals surface area contributed by atoms with E-state index in [1.54, 1.807) is 23.7 Å². The molecule has 216 valence electrons. The highest BCUT2D eigenvalue weighted by Gasteiger charge is 2.38. The molecule has 1 atom stereocenters. The Morgan fingerprint density at radius 1 is 0.897 bits per heavy atom. The van der Waals surface area contributed by atoms with Crippen LogP contribution in [0.1, 0.15) is 39.9 Å². The Morgan fingerprint density at radius 3 is 2.00 bits per heavy atom. The van der Waals surface area contributed by atoms with Crippen LogP contribution in [0.5, 0.6) is 0 Å². The summed E-state index contributed by atoms with van der Waals surface area (Å²) in [6.07, 6.45) is -3.31. The first kappa shape index (κ1) is 31.7. The van der Waals surface area contributed by atoms with E-state index in [0.29, 0.717) is 12.6 Å². The molecule has 1 amide bonds. The normalized spacial score (nSPS) is 17.7. The molecule has 2 fully saturated rings. The number of hydrogen-bond acceptors (Lipinski definition) is 8. The lowest BCUT2D eigenvalue weighted by atomic mass is 10.2. The average Bonchev–Trinajstić information content (AvgIpc) is 3.52. The van der Waals surface area contributed by atoms with Gasteiger partial charge in [-0.1, -0.05) is 0 Å². The van der Waals surface area contributed by atoms with Crippen LogP contribution in [0.25, 0.3) is 0 Å². The van der Waals surface area contributed by atoms with Gasteiger partial charge in [-0.15, -0.1) is 11.3 Å². The zero-order valence-electron chi connectivity index (χ0n) is 20.2. The molecule has 0 radical (unpaired) electrons. The third-order valence-corrected chi connectivity index (χ3v) is 6.53. The van der Waals surface area contributed by atoms with Crippen LogP contribution < -0.4 is 10.2 Å². The number of carbonyl (C=O) groups excluding carboxylic acids is 1. The van der Waals surface area contributed by atoms with Gasteiger partial charge in [0.1, 0.15) is 0 Å². The largest absolute Gasteiger partial charge is 0.490 e. The van der Waals surface area contributed by atoms with Gasteiger partial charge in [0.2, 0.25) is 5.95 Å². The van der Waals surface area contributed by atoms with E-state index in [4.69, 9.17) is 19.8 Å². The first-order chi connectivity index (χ1) is 18.2. The Bertz CT molecular complexity index is 1070. The number of hydrogen-bond donors (Lipinski definition) is 3. The molecule has 0 bridgehead atoms. The van der Waals surface area contributed by atoms with Crippen molar-refractivity contribution in [3.63, 3.8) is 0 Å². The second-order valence-electron chi connectivity index (χ2n) is 8.14. The standard InChI is InChI=1S/C18H23N5OS.2C2HF3O2/c24-17(16-6-5-15(25-16)14-4-1-7-19-14)22-10-3-11-23(13-12-22)18-20-8-2-9-21-18;2*3-2(4,5)1(6)7/h2,5-6,8-9,14,19H,1,3-4,7,10-13H2;2*(H,6,7). The Morgan fingerprint density at radius 2 is 1.49 bits per heavy atom. The summed E-state index contributed by atoms with van der Waals surface area (Å²) < 4.78 is 63.5. The van der Waals surface area contributed by atoms with E-state index in [1.807, 2.05) is 17.0 Å². The molecule has 3 N–H and O–H groups in total. The molecule has 17 heteroatoms. The predicted molar refractivity (Wildman–Crippen MR) is 126 cm³/mol. The van der Waals surface area contributed by atoms with Crippen molar-refractivity contribution in [3.8, 4) is 0 Å². The minimum Gasteiger partial charge on any atom is -0.475 e. The second kappa shape index (κ2) is 14.1. The van der Waals surface area contributed by atoms with Crippen molar-refractivity contribution in [1.29, 1.82) is 0 Å². The quantitative estimate of drug-likeness (QED) is 0.462. The maximum Gasteiger partial charge on any atom is 0.490 e. The van der Waals surface area contributed by atoms with Crippen LogP contribution in [0, 0.1) is 0 Å². The molecule has 4 rings (SSSR count). The number of amides is 1. The minimum absolute atomic E-state index is 0.157. The molecule has 2 aromatic heterocycles. The number of alkyl halides is 6. The predicted octanol–water partition coefficient (Wildman–Crippen LogP) is 3.58. The van der Waals surface area contributed by atoms with Crippen LogP contribution in [0.15, 0.2) is 30.6 Å². The Balaban J connectivity index is 0.000000317. The fraction of sp³-hybridized carbons (Fsp3) is 0.500. The topological polar surface area (TPSA) is 136 Å². The van der Waals surface area contributed by atoms with Gasteiger partial charge < -0.3 is 25.3 Å². The van der Waals surface area contributed by atoms with Crippen molar-refractivity contribution in [2.75, 3.05) is 37.6 Å². The van der Waals surface area contributed by atoms with E-state index in [-0.39, 0.29) is 5.91 Å². The summed E-state index contributed by atoms with van der Waals surface area (Å²) in [6, 6.07) is 6.36. The zero-order chi connectivity index (χ0) is 29.2. The number of halogens is 6. The van der Waals surface area contributed by atoms with Crippen LogP contribution in [0.3, 0.4) is 0 Å². The number of carboxylic acid groups (broad SMARTS) is 2. The van der Waals surface area contributed by atoms with Gasteiger partial charge in [0.05, 0.1) is 4.88 Å². The van der Waals surface area contributed by atoms with Crippen LogP contribution in [-0.2, 0) is 9.59 Å². The smallest absolute Gasteiger partial charge is 0.475 e. The molecular weight excluding hydrogens is 560 g/mol. The van der Waals surface area contributed by atoms with Crippen molar-refractivity contribution < 1.29 is 50.9 Å². The highest BCUT2D eigenvalue weighted by molar-refractivity contribution is 7.14. The van der Waals surface area contributed by atoms with Crippen molar-refractivity contribution >= 4 is 35.1 Å². The third-order valence-electron chi connectivity index (χ3n) is 5.34. The van der Waals surface area contributed by atoms with Gasteiger partial charge in [0, 0.05) is 49.5 Å². The summed E-state index contributed by atoms with van der Waals surface area (Å²) in [5.41, 5.74) is 0. The Kier molecular flexibility index (Phi) is 11.5. The summed E-state index contributed by atoms with van der Waals surface area (Å²) in [5, 5.41) is 17.8. The van der Waals surface area contributed by atoms with Crippen molar-refractivity contribution in [2.24, 2.45) is 0 Å². The molecule has 39 heavy (non-hydrogen) atoms. The lowest BCUT2D eigenvalue weighted by Crippen LogP contribution is -2.35. The van der Waals surface area contributed by atoms with Gasteiger partial charge in [0.25, 0.3) is 5.91 Å². The number of anilines is 1. The monoisotopic (exact) mass is 585 g/mol. The lowest BCUT2D eigenvalue weighted by Gasteiger charge is -2.21. The summed E-state index contributed by atoms with van der Waals surface area (Å²) in [4.78, 5) is 45.6. The Labute approximate surface area is 222 Å². The number of aliphatic carboxylic acids is 2. The van der Waals surface area contributed by atoms with Gasteiger partial charge in [-0.05, 0) is 44.0 Å². The molecule has 2 aliphatic heterocycles. The maximum absolute atomic E-state index is 12.9. The molecule has 1 unspecified atom stereocenters. The van der Waals surface area contributed by atoms with Crippen LogP contribution in [-0.4, -0.2) is 88.0 Å². The average molecular weight is 586 g/mol. The number of nitrogens with zero attached hydrogens (tertiary/aromatic N) is 4. The summed E-state index contributed by atoms with van der Waals surface area (Å²) >= 11 is 1.64. The van der Waals surface area contributed by atoms with Crippen LogP contribution >= 0.6 is 11.3 Å². The number of carboxylic acids is 2. The molecule has 2 saturated heterocycles. The summed E-state index contributed by atoms with van der Waals surface area (Å²) in [5.74, 6) is -4.60. The molecule has 2 aromatic rings. The van der Waals surface area contributed by atoms with E-state index in [1.165, 1.54) is 17.7 Å². The number of carbonyl (C=O) groups is 3. The van der Waals surface area contributed by atoms with E-state index in [2.05, 4.69) is 26.3 Å². The van der Waals surface area contributed by atoms with E-state index in [9.17, 15) is 31.1 Å². The fourth-order valence-electron chi connectivity index (χ4n) is 3.51. The number of rotatable bonds is 3. The fourth-order valence-corrected chi connectivity index (χ4v) is 4.60.